The van der Waals surface area contributed by atoms with Gasteiger partial charge in [0, 0.05) is 16.7 Å². The van der Waals surface area contributed by atoms with Crippen LogP contribution in [0.2, 0.25) is 0 Å². The normalized spacial score (nSPS) is 17.2. The molecule has 0 fully saturated rings. The summed E-state index contributed by atoms with van der Waals surface area (Å²) in [5.74, 6) is -0.0975. The lowest BCUT2D eigenvalue weighted by Gasteiger charge is -2.30. The molecule has 1 N–H and O–H groups in total. The van der Waals surface area contributed by atoms with Gasteiger partial charge in [-0.05, 0) is 30.2 Å². The molecule has 0 bridgehead atoms. The van der Waals surface area contributed by atoms with Crippen molar-refractivity contribution in [3.8, 4) is 0 Å². The molecule has 1 aromatic rings. The first kappa shape index (κ1) is 12.1. The van der Waals surface area contributed by atoms with Gasteiger partial charge in [-0.15, -0.1) is 11.6 Å². The molecule has 0 aromatic heterocycles. The molecule has 1 aliphatic heterocycles. The number of ketones is 1. The van der Waals surface area contributed by atoms with Crippen molar-refractivity contribution in [2.75, 3.05) is 11.2 Å². The molecule has 0 saturated heterocycles. The molecule has 0 saturated carbocycles. The average molecular weight is 252 g/mol. The van der Waals surface area contributed by atoms with Crippen LogP contribution in [0, 0.1) is 5.41 Å². The van der Waals surface area contributed by atoms with Crippen molar-refractivity contribution >= 4 is 29.0 Å². The molecule has 17 heavy (non-hydrogen) atoms. The second-order valence-corrected chi connectivity index (χ2v) is 5.21. The van der Waals surface area contributed by atoms with Crippen molar-refractivity contribution in [2.24, 2.45) is 5.41 Å². The van der Waals surface area contributed by atoms with Crippen LogP contribution in [-0.4, -0.2) is 17.6 Å². The van der Waals surface area contributed by atoms with E-state index in [1.165, 1.54) is 0 Å². The van der Waals surface area contributed by atoms with E-state index < -0.39 is 5.41 Å². The molecule has 2 rings (SSSR count). The number of nitrogens with one attached hydrogen (secondary N) is 1. The van der Waals surface area contributed by atoms with E-state index in [9.17, 15) is 9.59 Å². The highest BCUT2D eigenvalue weighted by atomic mass is 35.5. The largest absolute Gasteiger partial charge is 0.325 e. The molecular formula is C13H14ClNO2. The maximum atomic E-state index is 11.8. The summed E-state index contributed by atoms with van der Waals surface area (Å²) < 4.78 is 0. The summed E-state index contributed by atoms with van der Waals surface area (Å²) >= 11 is 5.53. The minimum Gasteiger partial charge on any atom is -0.325 e. The average Bonchev–Trinajstić information content (AvgIpc) is 2.28. The summed E-state index contributed by atoms with van der Waals surface area (Å²) in [7, 11) is 0. The maximum Gasteiger partial charge on any atom is 0.230 e. The van der Waals surface area contributed by atoms with Gasteiger partial charge in [0.15, 0.2) is 5.78 Å². The molecule has 0 radical (unpaired) electrons. The van der Waals surface area contributed by atoms with Gasteiger partial charge in [0.25, 0.3) is 0 Å². The van der Waals surface area contributed by atoms with Crippen molar-refractivity contribution in [2.45, 2.75) is 20.3 Å². The third-order valence-corrected chi connectivity index (χ3v) is 3.29. The molecule has 0 unspecified atom stereocenters. The number of Topliss-reactive ketones (excluding diaryl/α,β-unsaturated/α-hetero) is 1. The highest BCUT2D eigenvalue weighted by Crippen LogP contribution is 2.33. The maximum absolute atomic E-state index is 11.8. The van der Waals surface area contributed by atoms with Gasteiger partial charge >= 0.3 is 0 Å². The summed E-state index contributed by atoms with van der Waals surface area (Å²) in [6.45, 7) is 3.78. The fraction of sp³-hybridized carbons (Fsp3) is 0.385. The Morgan fingerprint density at radius 3 is 2.82 bits per heavy atom. The minimum absolute atomic E-state index is 0.0152. The van der Waals surface area contributed by atoms with E-state index in [2.05, 4.69) is 5.32 Å². The van der Waals surface area contributed by atoms with E-state index in [0.717, 1.165) is 11.3 Å². The lowest BCUT2D eigenvalue weighted by molar-refractivity contribution is -0.124. The number of hydrogen-bond donors (Lipinski definition) is 1. The van der Waals surface area contributed by atoms with Crippen LogP contribution in [0.3, 0.4) is 0 Å². The van der Waals surface area contributed by atoms with E-state index in [4.69, 9.17) is 11.6 Å². The van der Waals surface area contributed by atoms with Crippen molar-refractivity contribution in [1.29, 1.82) is 0 Å². The molecule has 0 aliphatic carbocycles. The van der Waals surface area contributed by atoms with E-state index in [1.54, 1.807) is 12.1 Å². The Balaban J connectivity index is 2.41. The lowest BCUT2D eigenvalue weighted by atomic mass is 9.81. The molecule has 0 spiro atoms. The van der Waals surface area contributed by atoms with E-state index in [1.807, 2.05) is 19.9 Å². The van der Waals surface area contributed by atoms with Crippen LogP contribution in [0.25, 0.3) is 0 Å². The van der Waals surface area contributed by atoms with Crippen LogP contribution in [0.4, 0.5) is 5.69 Å². The number of fused-ring (bicyclic) bond motifs is 1. The van der Waals surface area contributed by atoms with Crippen LogP contribution in [0.5, 0.6) is 0 Å². The summed E-state index contributed by atoms with van der Waals surface area (Å²) in [6.07, 6.45) is 0.636. The van der Waals surface area contributed by atoms with Gasteiger partial charge < -0.3 is 5.32 Å². The molecule has 1 aromatic carbocycles. The first-order valence-electron chi connectivity index (χ1n) is 5.47. The smallest absolute Gasteiger partial charge is 0.230 e. The van der Waals surface area contributed by atoms with Crippen LogP contribution in [0.1, 0.15) is 29.8 Å². The second-order valence-electron chi connectivity index (χ2n) is 4.94. The van der Waals surface area contributed by atoms with Crippen LogP contribution in [0.15, 0.2) is 18.2 Å². The Kier molecular flexibility index (Phi) is 2.96. The fourth-order valence-corrected chi connectivity index (χ4v) is 2.11. The van der Waals surface area contributed by atoms with E-state index >= 15 is 0 Å². The molecule has 1 aliphatic rings. The summed E-state index contributed by atoms with van der Waals surface area (Å²) in [4.78, 5) is 23.3. The molecular weight excluding hydrogens is 238 g/mol. The second kappa shape index (κ2) is 4.15. The van der Waals surface area contributed by atoms with Gasteiger partial charge in [-0.3, -0.25) is 9.59 Å². The van der Waals surface area contributed by atoms with Gasteiger partial charge in [0.05, 0.1) is 5.88 Å². The summed E-state index contributed by atoms with van der Waals surface area (Å²) in [6, 6.07) is 5.28. The number of amides is 1. The zero-order valence-electron chi connectivity index (χ0n) is 9.84. The zero-order chi connectivity index (χ0) is 12.6. The Morgan fingerprint density at radius 2 is 2.18 bits per heavy atom. The predicted molar refractivity (Wildman–Crippen MR) is 67.6 cm³/mol. The zero-order valence-corrected chi connectivity index (χ0v) is 10.6. The number of alkyl halides is 1. The van der Waals surface area contributed by atoms with Crippen LogP contribution in [-0.2, 0) is 11.2 Å². The molecule has 4 heteroatoms. The summed E-state index contributed by atoms with van der Waals surface area (Å²) in [5.41, 5.74) is 1.95. The molecule has 3 nitrogen and oxygen atoms in total. The lowest BCUT2D eigenvalue weighted by Crippen LogP contribution is -2.37. The molecule has 0 atom stereocenters. The van der Waals surface area contributed by atoms with Crippen LogP contribution >= 0.6 is 11.6 Å². The van der Waals surface area contributed by atoms with Gasteiger partial charge in [-0.1, -0.05) is 13.8 Å². The van der Waals surface area contributed by atoms with Gasteiger partial charge in [0.1, 0.15) is 0 Å². The highest BCUT2D eigenvalue weighted by molar-refractivity contribution is 6.30. The quantitative estimate of drug-likeness (QED) is 0.649. The Bertz CT molecular complexity index is 494. The van der Waals surface area contributed by atoms with Crippen molar-refractivity contribution in [3.05, 3.63) is 29.3 Å². The SMILES string of the molecule is CC1(C)Cc2cc(C(=O)CCl)ccc2NC1=O. The monoisotopic (exact) mass is 251 g/mol. The van der Waals surface area contributed by atoms with Crippen molar-refractivity contribution < 1.29 is 9.59 Å². The Hall–Kier alpha value is -1.35. The number of carbonyl (C=O) groups excluding carboxylic acids is 2. The van der Waals surface area contributed by atoms with Gasteiger partial charge in [0.2, 0.25) is 5.91 Å². The molecule has 90 valence electrons. The third kappa shape index (κ3) is 2.20. The molecule has 1 amide bonds. The number of carbonyl (C=O) groups is 2. The highest BCUT2D eigenvalue weighted by Gasteiger charge is 2.33. The Labute approximate surface area is 105 Å². The number of benzene rings is 1. The van der Waals surface area contributed by atoms with Crippen LogP contribution < -0.4 is 5.32 Å². The number of anilines is 1. The van der Waals surface area contributed by atoms with E-state index in [0.29, 0.717) is 12.0 Å². The topological polar surface area (TPSA) is 46.2 Å². The van der Waals surface area contributed by atoms with E-state index in [-0.39, 0.29) is 17.6 Å². The molecule has 1 heterocycles. The summed E-state index contributed by atoms with van der Waals surface area (Å²) in [5, 5.41) is 2.85. The third-order valence-electron chi connectivity index (χ3n) is 3.04. The first-order valence-corrected chi connectivity index (χ1v) is 6.01. The number of rotatable bonds is 2. The van der Waals surface area contributed by atoms with Crippen molar-refractivity contribution in [3.63, 3.8) is 0 Å². The first-order chi connectivity index (χ1) is 7.94. The predicted octanol–water partition coefficient (Wildman–Crippen LogP) is 2.63. The number of halogens is 1. The number of hydrogen-bond acceptors (Lipinski definition) is 2. The van der Waals surface area contributed by atoms with Gasteiger partial charge in [-0.25, -0.2) is 0 Å². The van der Waals surface area contributed by atoms with Crippen molar-refractivity contribution in [1.82, 2.24) is 0 Å². The standard InChI is InChI=1S/C13H14ClNO2/c1-13(2)6-9-5-8(11(16)7-14)3-4-10(9)15-12(13)17/h3-5H,6-7H2,1-2H3,(H,15,17). The van der Waals surface area contributed by atoms with Gasteiger partial charge in [-0.2, -0.15) is 0 Å². The minimum atomic E-state index is -0.435. The Morgan fingerprint density at radius 1 is 1.47 bits per heavy atom. The fourth-order valence-electron chi connectivity index (χ4n) is 1.96.